The summed E-state index contributed by atoms with van der Waals surface area (Å²) in [4.78, 5) is 1.88. The van der Waals surface area contributed by atoms with Crippen molar-refractivity contribution in [1.29, 1.82) is 0 Å². The molecule has 1 nitrogen and oxygen atoms in total. The molecular formula is C7H12FN. The minimum atomic E-state index is -0.260. The Kier molecular flexibility index (Phi) is 3.97. The first-order valence-corrected chi connectivity index (χ1v) is 2.79. The normalized spacial score (nSPS) is 12.2. The van der Waals surface area contributed by atoms with Gasteiger partial charge in [-0.15, -0.1) is 0 Å². The Morgan fingerprint density at radius 2 is 2.22 bits per heavy atom. The predicted octanol–water partition coefficient (Wildman–Crippen LogP) is 1.59. The second-order valence-electron chi connectivity index (χ2n) is 2.06. The number of halogens is 1. The minimum absolute atomic E-state index is 0.260. The Morgan fingerprint density at radius 3 is 2.56 bits per heavy atom. The third-order valence-corrected chi connectivity index (χ3v) is 0.846. The zero-order valence-corrected chi connectivity index (χ0v) is 5.89. The van der Waals surface area contributed by atoms with Gasteiger partial charge in [-0.2, -0.15) is 0 Å². The van der Waals surface area contributed by atoms with Gasteiger partial charge in [-0.05, 0) is 26.2 Å². The standard InChI is InChI=1S/C7H12FN/c1-4-7(8)5-6-9(2)3/h4-5H,1,6H2,2-3H3/b7-5+. The van der Waals surface area contributed by atoms with Crippen molar-refractivity contribution < 1.29 is 4.39 Å². The van der Waals surface area contributed by atoms with Gasteiger partial charge in [0.25, 0.3) is 0 Å². The average molecular weight is 129 g/mol. The fourth-order valence-electron chi connectivity index (χ4n) is 0.353. The quantitative estimate of drug-likeness (QED) is 0.523. The van der Waals surface area contributed by atoms with Gasteiger partial charge in [-0.3, -0.25) is 0 Å². The van der Waals surface area contributed by atoms with Crippen LogP contribution in [0.1, 0.15) is 0 Å². The molecule has 0 unspecified atom stereocenters. The second kappa shape index (κ2) is 4.27. The van der Waals surface area contributed by atoms with Crippen molar-refractivity contribution >= 4 is 0 Å². The monoisotopic (exact) mass is 129 g/mol. The molecule has 0 aliphatic rings. The van der Waals surface area contributed by atoms with Crippen molar-refractivity contribution in [3.05, 3.63) is 24.6 Å². The van der Waals surface area contributed by atoms with Crippen LogP contribution in [0.2, 0.25) is 0 Å². The molecule has 9 heavy (non-hydrogen) atoms. The molecule has 0 aliphatic heterocycles. The number of hydrogen-bond donors (Lipinski definition) is 0. The van der Waals surface area contributed by atoms with Gasteiger partial charge < -0.3 is 4.90 Å². The Morgan fingerprint density at radius 1 is 1.67 bits per heavy atom. The van der Waals surface area contributed by atoms with Gasteiger partial charge in [0, 0.05) is 6.54 Å². The molecule has 0 atom stereocenters. The summed E-state index contributed by atoms with van der Waals surface area (Å²) in [6, 6.07) is 0. The van der Waals surface area contributed by atoms with Crippen LogP contribution in [0, 0.1) is 0 Å². The van der Waals surface area contributed by atoms with Gasteiger partial charge in [0.15, 0.2) is 0 Å². The van der Waals surface area contributed by atoms with E-state index in [0.29, 0.717) is 6.54 Å². The maximum atomic E-state index is 12.2. The number of rotatable bonds is 3. The van der Waals surface area contributed by atoms with Crippen LogP contribution >= 0.6 is 0 Å². The van der Waals surface area contributed by atoms with Gasteiger partial charge in [0.2, 0.25) is 0 Å². The van der Waals surface area contributed by atoms with Crippen LogP contribution in [0.15, 0.2) is 24.6 Å². The molecule has 0 spiro atoms. The van der Waals surface area contributed by atoms with E-state index in [0.717, 1.165) is 0 Å². The summed E-state index contributed by atoms with van der Waals surface area (Å²) in [5, 5.41) is 0. The van der Waals surface area contributed by atoms with Crippen LogP contribution in [0.3, 0.4) is 0 Å². The Labute approximate surface area is 55.5 Å². The fourth-order valence-corrected chi connectivity index (χ4v) is 0.353. The second-order valence-corrected chi connectivity index (χ2v) is 2.06. The van der Waals surface area contributed by atoms with Crippen molar-refractivity contribution in [1.82, 2.24) is 4.90 Å². The third kappa shape index (κ3) is 5.24. The van der Waals surface area contributed by atoms with Gasteiger partial charge >= 0.3 is 0 Å². The summed E-state index contributed by atoms with van der Waals surface area (Å²) in [5.41, 5.74) is 0. The first kappa shape index (κ1) is 8.37. The Hall–Kier alpha value is -0.630. The molecule has 0 saturated heterocycles. The van der Waals surface area contributed by atoms with E-state index in [4.69, 9.17) is 0 Å². The van der Waals surface area contributed by atoms with E-state index >= 15 is 0 Å². The first-order valence-electron chi connectivity index (χ1n) is 2.79. The van der Waals surface area contributed by atoms with Crippen molar-refractivity contribution in [3.63, 3.8) is 0 Å². The lowest BCUT2D eigenvalue weighted by Crippen LogP contribution is -2.10. The maximum Gasteiger partial charge on any atom is 0.119 e. The molecule has 0 aromatic rings. The first-order chi connectivity index (χ1) is 4.16. The molecule has 0 amide bonds. The van der Waals surface area contributed by atoms with Crippen LogP contribution < -0.4 is 0 Å². The molecule has 0 aliphatic carbocycles. The Balaban J connectivity index is 3.56. The smallest absolute Gasteiger partial charge is 0.119 e. The van der Waals surface area contributed by atoms with E-state index in [2.05, 4.69) is 6.58 Å². The Bertz CT molecular complexity index is 116. The van der Waals surface area contributed by atoms with Crippen molar-refractivity contribution in [2.24, 2.45) is 0 Å². The molecule has 0 N–H and O–H groups in total. The van der Waals surface area contributed by atoms with E-state index in [1.54, 1.807) is 0 Å². The van der Waals surface area contributed by atoms with Gasteiger partial charge in [-0.1, -0.05) is 6.58 Å². The highest BCUT2D eigenvalue weighted by atomic mass is 19.1. The predicted molar refractivity (Wildman–Crippen MR) is 37.9 cm³/mol. The molecule has 0 rings (SSSR count). The van der Waals surface area contributed by atoms with Crippen molar-refractivity contribution in [2.45, 2.75) is 0 Å². The molecule has 2 heteroatoms. The SMILES string of the molecule is C=C/C(F)=C\CN(C)C. The van der Waals surface area contributed by atoms with E-state index < -0.39 is 0 Å². The summed E-state index contributed by atoms with van der Waals surface area (Å²) in [6.45, 7) is 3.90. The van der Waals surface area contributed by atoms with Crippen LogP contribution in [-0.2, 0) is 0 Å². The van der Waals surface area contributed by atoms with E-state index in [9.17, 15) is 4.39 Å². The number of allylic oxidation sites excluding steroid dienone is 2. The lowest BCUT2D eigenvalue weighted by atomic mass is 10.4. The molecule has 0 saturated carbocycles. The maximum absolute atomic E-state index is 12.2. The summed E-state index contributed by atoms with van der Waals surface area (Å²) in [5.74, 6) is -0.260. The zero-order chi connectivity index (χ0) is 7.28. The molecule has 0 fully saturated rings. The third-order valence-electron chi connectivity index (χ3n) is 0.846. The summed E-state index contributed by atoms with van der Waals surface area (Å²) >= 11 is 0. The minimum Gasteiger partial charge on any atom is -0.306 e. The largest absolute Gasteiger partial charge is 0.306 e. The topological polar surface area (TPSA) is 3.24 Å². The molecule has 0 bridgehead atoms. The van der Waals surface area contributed by atoms with Crippen molar-refractivity contribution in [3.8, 4) is 0 Å². The number of likely N-dealkylation sites (N-methyl/N-ethyl adjacent to an activating group) is 1. The van der Waals surface area contributed by atoms with E-state index in [1.807, 2.05) is 19.0 Å². The molecule has 0 aromatic heterocycles. The zero-order valence-electron chi connectivity index (χ0n) is 5.89. The highest BCUT2D eigenvalue weighted by Gasteiger charge is 1.86. The van der Waals surface area contributed by atoms with E-state index in [1.165, 1.54) is 12.2 Å². The number of nitrogens with zero attached hydrogens (tertiary/aromatic N) is 1. The molecular weight excluding hydrogens is 117 g/mol. The van der Waals surface area contributed by atoms with Crippen molar-refractivity contribution in [2.75, 3.05) is 20.6 Å². The molecule has 0 radical (unpaired) electrons. The average Bonchev–Trinajstić information content (AvgIpc) is 1.83. The summed E-state index contributed by atoms with van der Waals surface area (Å²) < 4.78 is 12.2. The molecule has 0 aromatic carbocycles. The number of hydrogen-bond acceptors (Lipinski definition) is 1. The van der Waals surface area contributed by atoms with Crippen LogP contribution in [0.25, 0.3) is 0 Å². The summed E-state index contributed by atoms with van der Waals surface area (Å²) in [7, 11) is 3.76. The summed E-state index contributed by atoms with van der Waals surface area (Å²) in [6.07, 6.45) is 2.68. The van der Waals surface area contributed by atoms with Crippen LogP contribution in [-0.4, -0.2) is 25.5 Å². The lowest BCUT2D eigenvalue weighted by molar-refractivity contribution is 0.451. The van der Waals surface area contributed by atoms with Gasteiger partial charge in [0.1, 0.15) is 5.83 Å². The fraction of sp³-hybridized carbons (Fsp3) is 0.429. The van der Waals surface area contributed by atoms with Crippen LogP contribution in [0.4, 0.5) is 4.39 Å². The van der Waals surface area contributed by atoms with E-state index in [-0.39, 0.29) is 5.83 Å². The van der Waals surface area contributed by atoms with Gasteiger partial charge in [0.05, 0.1) is 0 Å². The highest BCUT2D eigenvalue weighted by molar-refractivity contribution is 5.07. The molecule has 0 heterocycles. The van der Waals surface area contributed by atoms with Crippen LogP contribution in [0.5, 0.6) is 0 Å². The van der Waals surface area contributed by atoms with Gasteiger partial charge in [-0.25, -0.2) is 4.39 Å². The lowest BCUT2D eigenvalue weighted by Gasteiger charge is -2.02. The highest BCUT2D eigenvalue weighted by Crippen LogP contribution is 1.95. The molecule has 52 valence electrons.